The first kappa shape index (κ1) is 13.5. The third-order valence-electron chi connectivity index (χ3n) is 3.08. The van der Waals surface area contributed by atoms with Crippen LogP contribution in [0, 0.1) is 0 Å². The molecule has 0 saturated carbocycles. The van der Waals surface area contributed by atoms with Gasteiger partial charge in [-0.3, -0.25) is 9.59 Å². The van der Waals surface area contributed by atoms with Gasteiger partial charge in [-0.15, -0.1) is 0 Å². The normalized spacial score (nSPS) is 14.9. The van der Waals surface area contributed by atoms with Crippen molar-refractivity contribution in [1.29, 1.82) is 0 Å². The number of hydrogen-bond acceptors (Lipinski definition) is 3. The minimum absolute atomic E-state index is 0.0229. The monoisotopic (exact) mass is 262 g/mol. The number of hydrogen-bond donors (Lipinski definition) is 2. The van der Waals surface area contributed by atoms with Gasteiger partial charge in [0.2, 0.25) is 11.8 Å². The molecule has 0 aromatic heterocycles. The number of rotatable bonds is 5. The van der Waals surface area contributed by atoms with Gasteiger partial charge < -0.3 is 15.3 Å². The first-order valence-electron chi connectivity index (χ1n) is 6.41. The molecule has 0 radical (unpaired) electrons. The molecule has 1 aliphatic rings. The molecule has 0 atom stereocenters. The van der Waals surface area contributed by atoms with Gasteiger partial charge in [0, 0.05) is 26.1 Å². The maximum Gasteiger partial charge on any atom is 0.224 e. The lowest BCUT2D eigenvalue weighted by atomic mass is 10.1. The number of nitrogens with zero attached hydrogens (tertiary/aromatic N) is 1. The van der Waals surface area contributed by atoms with E-state index < -0.39 is 0 Å². The number of carbonyl (C=O) groups is 2. The van der Waals surface area contributed by atoms with Gasteiger partial charge in [-0.25, -0.2) is 0 Å². The molecule has 19 heavy (non-hydrogen) atoms. The lowest BCUT2D eigenvalue weighted by Crippen LogP contribution is -2.53. The molecule has 0 bridgehead atoms. The van der Waals surface area contributed by atoms with Crippen LogP contribution >= 0.6 is 0 Å². The van der Waals surface area contributed by atoms with Crippen LogP contribution in [0.2, 0.25) is 0 Å². The molecular formula is C14H18N2O3. The fraction of sp³-hybridized carbons (Fsp3) is 0.429. The molecule has 2 N–H and O–H groups in total. The van der Waals surface area contributed by atoms with Gasteiger partial charge >= 0.3 is 0 Å². The summed E-state index contributed by atoms with van der Waals surface area (Å²) in [5.74, 6) is -0.104. The van der Waals surface area contributed by atoms with E-state index in [0.717, 1.165) is 5.56 Å². The molecule has 2 amide bonds. The van der Waals surface area contributed by atoms with E-state index in [4.69, 9.17) is 5.11 Å². The van der Waals surface area contributed by atoms with E-state index in [0.29, 0.717) is 26.1 Å². The van der Waals surface area contributed by atoms with Crippen LogP contribution in [0.1, 0.15) is 12.0 Å². The summed E-state index contributed by atoms with van der Waals surface area (Å²) in [6, 6.07) is 9.47. The Balaban J connectivity index is 1.63. The molecule has 5 heteroatoms. The second-order valence-electron chi connectivity index (χ2n) is 4.71. The minimum atomic E-state index is -0.378. The summed E-state index contributed by atoms with van der Waals surface area (Å²) in [6.45, 7) is 1.17. The number of aliphatic hydroxyl groups is 1. The van der Waals surface area contributed by atoms with E-state index in [1.54, 1.807) is 4.90 Å². The highest BCUT2D eigenvalue weighted by atomic mass is 16.3. The highest BCUT2D eigenvalue weighted by molar-refractivity contribution is 5.80. The Labute approximate surface area is 112 Å². The van der Waals surface area contributed by atoms with Crippen molar-refractivity contribution in [3.63, 3.8) is 0 Å². The van der Waals surface area contributed by atoms with Crippen molar-refractivity contribution in [1.82, 2.24) is 10.2 Å². The van der Waals surface area contributed by atoms with Gasteiger partial charge in [0.15, 0.2) is 0 Å². The lowest BCUT2D eigenvalue weighted by molar-refractivity contribution is -0.141. The number of amides is 2. The Morgan fingerprint density at radius 3 is 2.58 bits per heavy atom. The molecule has 5 nitrogen and oxygen atoms in total. The highest BCUT2D eigenvalue weighted by Gasteiger charge is 2.28. The molecule has 2 rings (SSSR count). The predicted molar refractivity (Wildman–Crippen MR) is 70.4 cm³/mol. The lowest BCUT2D eigenvalue weighted by Gasteiger charge is -2.35. The molecular weight excluding hydrogens is 244 g/mol. The SMILES string of the molecule is O=C(Cc1ccccc1)NCCC(=O)N1CC(O)C1. The fourth-order valence-corrected chi connectivity index (χ4v) is 1.97. The van der Waals surface area contributed by atoms with Crippen LogP contribution in [0.3, 0.4) is 0 Å². The number of carbonyl (C=O) groups excluding carboxylic acids is 2. The zero-order valence-corrected chi connectivity index (χ0v) is 10.7. The van der Waals surface area contributed by atoms with Gasteiger partial charge in [-0.2, -0.15) is 0 Å². The van der Waals surface area contributed by atoms with Crippen LogP contribution in [0.5, 0.6) is 0 Å². The van der Waals surface area contributed by atoms with Crippen LogP contribution in [-0.2, 0) is 16.0 Å². The predicted octanol–water partition coefficient (Wildman–Crippen LogP) is -0.0615. The number of likely N-dealkylation sites (tertiary alicyclic amines) is 1. The van der Waals surface area contributed by atoms with E-state index >= 15 is 0 Å². The van der Waals surface area contributed by atoms with Crippen LogP contribution in [-0.4, -0.2) is 47.6 Å². The average molecular weight is 262 g/mol. The Hall–Kier alpha value is -1.88. The van der Waals surface area contributed by atoms with E-state index in [9.17, 15) is 9.59 Å². The third kappa shape index (κ3) is 4.06. The maximum absolute atomic E-state index is 11.6. The Morgan fingerprint density at radius 1 is 1.26 bits per heavy atom. The average Bonchev–Trinajstić information content (AvgIpc) is 2.36. The largest absolute Gasteiger partial charge is 0.389 e. The summed E-state index contributed by atoms with van der Waals surface area (Å²) < 4.78 is 0. The molecule has 0 spiro atoms. The molecule has 1 saturated heterocycles. The standard InChI is InChI=1S/C14H18N2O3/c17-12-9-16(10-12)14(19)6-7-15-13(18)8-11-4-2-1-3-5-11/h1-5,12,17H,6-10H2,(H,15,18). The van der Waals surface area contributed by atoms with Crippen molar-refractivity contribution >= 4 is 11.8 Å². The second kappa shape index (κ2) is 6.33. The summed E-state index contributed by atoms with van der Waals surface area (Å²) in [5, 5.41) is 11.8. The van der Waals surface area contributed by atoms with Crippen LogP contribution in [0.4, 0.5) is 0 Å². The number of benzene rings is 1. The zero-order chi connectivity index (χ0) is 13.7. The van der Waals surface area contributed by atoms with Crippen molar-refractivity contribution in [3.05, 3.63) is 35.9 Å². The summed E-state index contributed by atoms with van der Waals surface area (Å²) in [7, 11) is 0. The van der Waals surface area contributed by atoms with E-state index in [-0.39, 0.29) is 24.3 Å². The van der Waals surface area contributed by atoms with Crippen molar-refractivity contribution in [2.45, 2.75) is 18.9 Å². The van der Waals surface area contributed by atoms with Crippen molar-refractivity contribution in [2.24, 2.45) is 0 Å². The zero-order valence-electron chi connectivity index (χ0n) is 10.7. The first-order valence-corrected chi connectivity index (χ1v) is 6.41. The van der Waals surface area contributed by atoms with E-state index in [1.165, 1.54) is 0 Å². The van der Waals surface area contributed by atoms with Crippen LogP contribution in [0.15, 0.2) is 30.3 Å². The van der Waals surface area contributed by atoms with Crippen LogP contribution < -0.4 is 5.32 Å². The fourth-order valence-electron chi connectivity index (χ4n) is 1.97. The van der Waals surface area contributed by atoms with Crippen LogP contribution in [0.25, 0.3) is 0 Å². The topological polar surface area (TPSA) is 69.6 Å². The smallest absolute Gasteiger partial charge is 0.224 e. The summed E-state index contributed by atoms with van der Waals surface area (Å²) >= 11 is 0. The van der Waals surface area contributed by atoms with E-state index in [2.05, 4.69) is 5.32 Å². The van der Waals surface area contributed by atoms with Gasteiger partial charge in [0.25, 0.3) is 0 Å². The Morgan fingerprint density at radius 2 is 1.95 bits per heavy atom. The number of nitrogens with one attached hydrogen (secondary N) is 1. The molecule has 1 aliphatic heterocycles. The number of aliphatic hydroxyl groups excluding tert-OH is 1. The van der Waals surface area contributed by atoms with Gasteiger partial charge in [0.05, 0.1) is 12.5 Å². The Kier molecular flexibility index (Phi) is 4.52. The number of β-amino-alcohol motifs (C(OH)–C–C–N with tert-alkyl or cyclic N) is 1. The van der Waals surface area contributed by atoms with Gasteiger partial charge in [-0.1, -0.05) is 30.3 Å². The quantitative estimate of drug-likeness (QED) is 0.781. The third-order valence-corrected chi connectivity index (χ3v) is 3.08. The molecule has 0 unspecified atom stereocenters. The van der Waals surface area contributed by atoms with Gasteiger partial charge in [-0.05, 0) is 5.56 Å². The maximum atomic E-state index is 11.6. The van der Waals surface area contributed by atoms with Crippen molar-refractivity contribution in [2.75, 3.05) is 19.6 Å². The minimum Gasteiger partial charge on any atom is -0.389 e. The molecule has 1 aromatic carbocycles. The molecule has 102 valence electrons. The molecule has 1 aromatic rings. The molecule has 1 heterocycles. The first-order chi connectivity index (χ1) is 9.15. The molecule has 0 aliphatic carbocycles. The Bertz CT molecular complexity index is 441. The summed E-state index contributed by atoms with van der Waals surface area (Å²) in [6.07, 6.45) is 0.238. The summed E-state index contributed by atoms with van der Waals surface area (Å²) in [5.41, 5.74) is 0.956. The van der Waals surface area contributed by atoms with Crippen molar-refractivity contribution in [3.8, 4) is 0 Å². The summed E-state index contributed by atoms with van der Waals surface area (Å²) in [4.78, 5) is 24.8. The van der Waals surface area contributed by atoms with E-state index in [1.807, 2.05) is 30.3 Å². The highest BCUT2D eigenvalue weighted by Crippen LogP contribution is 2.08. The second-order valence-corrected chi connectivity index (χ2v) is 4.71. The molecule has 1 fully saturated rings. The van der Waals surface area contributed by atoms with Gasteiger partial charge in [0.1, 0.15) is 0 Å². The van der Waals surface area contributed by atoms with Crippen molar-refractivity contribution < 1.29 is 14.7 Å².